The van der Waals surface area contributed by atoms with E-state index in [4.69, 9.17) is 0 Å². The van der Waals surface area contributed by atoms with Crippen molar-refractivity contribution in [2.24, 2.45) is 0 Å². The molecular weight excluding hydrogens is 248 g/mol. The molecule has 0 unspecified atom stereocenters. The maximum atomic E-state index is 12.1. The third-order valence-corrected chi connectivity index (χ3v) is 2.84. The van der Waals surface area contributed by atoms with Crippen LogP contribution in [0, 0.1) is 6.92 Å². The zero-order valence-corrected chi connectivity index (χ0v) is 10.8. The zero-order chi connectivity index (χ0) is 14.0. The van der Waals surface area contributed by atoms with Crippen LogP contribution in [-0.4, -0.2) is 43.0 Å². The number of methoxy groups -OCH3 is 1. The molecule has 0 aliphatic carbocycles. The standard InChI is InChI=1S/C13H14N2O4/c1-9-4-3-5-10(6-9)15-11(16)7-14(13(15)18)8-12(17)19-2/h3-6H,7-8H2,1-2H3. The number of rotatable bonds is 3. The molecule has 6 nitrogen and oxygen atoms in total. The van der Waals surface area contributed by atoms with E-state index in [1.54, 1.807) is 18.2 Å². The molecule has 1 fully saturated rings. The van der Waals surface area contributed by atoms with E-state index in [0.717, 1.165) is 15.4 Å². The Balaban J connectivity index is 2.21. The van der Waals surface area contributed by atoms with Crippen molar-refractivity contribution in [3.8, 4) is 0 Å². The highest BCUT2D eigenvalue weighted by Crippen LogP contribution is 2.22. The number of hydrogen-bond acceptors (Lipinski definition) is 4. The number of imide groups is 1. The van der Waals surface area contributed by atoms with Gasteiger partial charge in [-0.25, -0.2) is 9.69 Å². The number of ether oxygens (including phenoxy) is 1. The number of nitrogens with zero attached hydrogens (tertiary/aromatic N) is 2. The lowest BCUT2D eigenvalue weighted by Gasteiger charge is -2.16. The van der Waals surface area contributed by atoms with Crippen LogP contribution in [-0.2, 0) is 14.3 Å². The number of aryl methyl sites for hydroxylation is 1. The van der Waals surface area contributed by atoms with Crippen molar-refractivity contribution in [3.05, 3.63) is 29.8 Å². The third kappa shape index (κ3) is 2.57. The number of esters is 1. The highest BCUT2D eigenvalue weighted by Gasteiger charge is 2.38. The van der Waals surface area contributed by atoms with Gasteiger partial charge in [-0.2, -0.15) is 0 Å². The minimum atomic E-state index is -0.549. The van der Waals surface area contributed by atoms with E-state index in [1.165, 1.54) is 7.11 Å². The second-order valence-electron chi connectivity index (χ2n) is 4.28. The SMILES string of the molecule is COC(=O)CN1CC(=O)N(c2cccc(C)c2)C1=O. The molecule has 1 aliphatic rings. The fourth-order valence-electron chi connectivity index (χ4n) is 1.92. The van der Waals surface area contributed by atoms with Gasteiger partial charge in [-0.05, 0) is 24.6 Å². The van der Waals surface area contributed by atoms with Crippen molar-refractivity contribution in [2.45, 2.75) is 6.92 Å². The fraction of sp³-hybridized carbons (Fsp3) is 0.308. The zero-order valence-electron chi connectivity index (χ0n) is 10.8. The van der Waals surface area contributed by atoms with Crippen LogP contribution in [0.2, 0.25) is 0 Å². The summed E-state index contributed by atoms with van der Waals surface area (Å²) in [6, 6.07) is 6.58. The second kappa shape index (κ2) is 5.09. The minimum Gasteiger partial charge on any atom is -0.468 e. The first-order valence-corrected chi connectivity index (χ1v) is 5.78. The summed E-state index contributed by atoms with van der Waals surface area (Å²) in [7, 11) is 1.24. The molecule has 1 heterocycles. The highest BCUT2D eigenvalue weighted by atomic mass is 16.5. The van der Waals surface area contributed by atoms with Gasteiger partial charge in [0.15, 0.2) is 0 Å². The van der Waals surface area contributed by atoms with Gasteiger partial charge in [0.2, 0.25) is 0 Å². The molecule has 0 N–H and O–H groups in total. The first-order chi connectivity index (χ1) is 9.02. The predicted molar refractivity (Wildman–Crippen MR) is 67.7 cm³/mol. The van der Waals surface area contributed by atoms with Gasteiger partial charge in [0.1, 0.15) is 13.1 Å². The van der Waals surface area contributed by atoms with Crippen LogP contribution in [0.25, 0.3) is 0 Å². The summed E-state index contributed by atoms with van der Waals surface area (Å²) < 4.78 is 4.49. The summed E-state index contributed by atoms with van der Waals surface area (Å²) in [5, 5.41) is 0. The summed E-state index contributed by atoms with van der Waals surface area (Å²) in [5.41, 5.74) is 1.46. The average Bonchev–Trinajstić information content (AvgIpc) is 2.64. The Morgan fingerprint density at radius 1 is 1.37 bits per heavy atom. The Hall–Kier alpha value is -2.37. The number of carbonyl (C=O) groups excluding carboxylic acids is 3. The molecular formula is C13H14N2O4. The van der Waals surface area contributed by atoms with E-state index in [-0.39, 0.29) is 19.0 Å². The van der Waals surface area contributed by atoms with Gasteiger partial charge in [0.05, 0.1) is 12.8 Å². The quantitative estimate of drug-likeness (QED) is 0.600. The van der Waals surface area contributed by atoms with Crippen LogP contribution in [0.5, 0.6) is 0 Å². The Bertz CT molecular complexity index is 541. The maximum absolute atomic E-state index is 12.1. The van der Waals surface area contributed by atoms with Crippen molar-refractivity contribution in [1.82, 2.24) is 4.90 Å². The Morgan fingerprint density at radius 2 is 2.11 bits per heavy atom. The van der Waals surface area contributed by atoms with Gasteiger partial charge in [-0.15, -0.1) is 0 Å². The summed E-state index contributed by atoms with van der Waals surface area (Å²) >= 11 is 0. The molecule has 0 atom stereocenters. The van der Waals surface area contributed by atoms with Gasteiger partial charge in [0.25, 0.3) is 5.91 Å². The number of carbonyl (C=O) groups is 3. The van der Waals surface area contributed by atoms with Crippen LogP contribution in [0.3, 0.4) is 0 Å². The number of benzene rings is 1. The number of anilines is 1. The number of urea groups is 1. The summed E-state index contributed by atoms with van der Waals surface area (Å²) in [6.45, 7) is 1.55. The molecule has 19 heavy (non-hydrogen) atoms. The van der Waals surface area contributed by atoms with Crippen LogP contribution in [0.1, 0.15) is 5.56 Å². The van der Waals surface area contributed by atoms with E-state index in [1.807, 2.05) is 13.0 Å². The lowest BCUT2D eigenvalue weighted by molar-refractivity contribution is -0.141. The molecule has 0 radical (unpaired) electrons. The van der Waals surface area contributed by atoms with Gasteiger partial charge < -0.3 is 9.64 Å². The van der Waals surface area contributed by atoms with E-state index >= 15 is 0 Å². The molecule has 0 saturated carbocycles. The van der Waals surface area contributed by atoms with E-state index in [2.05, 4.69) is 4.74 Å². The molecule has 1 saturated heterocycles. The molecule has 1 aromatic carbocycles. The third-order valence-electron chi connectivity index (χ3n) is 2.84. The summed E-state index contributed by atoms with van der Waals surface area (Å²) in [5.74, 6) is -0.897. The molecule has 0 aromatic heterocycles. The summed E-state index contributed by atoms with van der Waals surface area (Å²) in [4.78, 5) is 37.4. The van der Waals surface area contributed by atoms with E-state index < -0.39 is 12.0 Å². The highest BCUT2D eigenvalue weighted by molar-refractivity contribution is 6.20. The van der Waals surface area contributed by atoms with Gasteiger partial charge in [-0.1, -0.05) is 12.1 Å². The van der Waals surface area contributed by atoms with E-state index in [9.17, 15) is 14.4 Å². The van der Waals surface area contributed by atoms with Crippen LogP contribution < -0.4 is 4.90 Å². The normalized spacial score (nSPS) is 15.1. The van der Waals surface area contributed by atoms with Gasteiger partial charge >= 0.3 is 12.0 Å². The van der Waals surface area contributed by atoms with Crippen molar-refractivity contribution < 1.29 is 19.1 Å². The molecule has 100 valence electrons. The molecule has 3 amide bonds. The van der Waals surface area contributed by atoms with E-state index in [0.29, 0.717) is 5.69 Å². The van der Waals surface area contributed by atoms with Crippen molar-refractivity contribution in [3.63, 3.8) is 0 Å². The molecule has 1 aliphatic heterocycles. The molecule has 0 spiro atoms. The lowest BCUT2D eigenvalue weighted by Crippen LogP contribution is -2.36. The topological polar surface area (TPSA) is 66.9 Å². The smallest absolute Gasteiger partial charge is 0.332 e. The minimum absolute atomic E-state index is 0.109. The molecule has 6 heteroatoms. The van der Waals surface area contributed by atoms with Gasteiger partial charge in [0, 0.05) is 0 Å². The van der Waals surface area contributed by atoms with Gasteiger partial charge in [-0.3, -0.25) is 9.59 Å². The van der Waals surface area contributed by atoms with Crippen LogP contribution >= 0.6 is 0 Å². The first kappa shape index (κ1) is 13.1. The Kier molecular flexibility index (Phi) is 3.50. The molecule has 1 aromatic rings. The van der Waals surface area contributed by atoms with Crippen molar-refractivity contribution in [1.29, 1.82) is 0 Å². The van der Waals surface area contributed by atoms with Crippen molar-refractivity contribution in [2.75, 3.05) is 25.1 Å². The maximum Gasteiger partial charge on any atom is 0.332 e. The Labute approximate surface area is 110 Å². The Morgan fingerprint density at radius 3 is 2.74 bits per heavy atom. The van der Waals surface area contributed by atoms with Crippen LogP contribution in [0.4, 0.5) is 10.5 Å². The van der Waals surface area contributed by atoms with Crippen LogP contribution in [0.15, 0.2) is 24.3 Å². The predicted octanol–water partition coefficient (Wildman–Crippen LogP) is 0.937. The lowest BCUT2D eigenvalue weighted by atomic mass is 10.2. The van der Waals surface area contributed by atoms with Crippen molar-refractivity contribution >= 4 is 23.6 Å². The summed E-state index contributed by atoms with van der Waals surface area (Å²) in [6.07, 6.45) is 0. The average molecular weight is 262 g/mol. The fourth-order valence-corrected chi connectivity index (χ4v) is 1.92. The second-order valence-corrected chi connectivity index (χ2v) is 4.28. The first-order valence-electron chi connectivity index (χ1n) is 5.78. The number of hydrogen-bond donors (Lipinski definition) is 0. The monoisotopic (exact) mass is 262 g/mol. The molecule has 0 bridgehead atoms. The number of amides is 3. The largest absolute Gasteiger partial charge is 0.468 e. The molecule has 2 rings (SSSR count).